The number of anilines is 2. The van der Waals surface area contributed by atoms with Crippen molar-refractivity contribution in [2.24, 2.45) is 5.73 Å². The van der Waals surface area contributed by atoms with Crippen LogP contribution in [0.3, 0.4) is 0 Å². The molecule has 1 aromatic carbocycles. The van der Waals surface area contributed by atoms with Gasteiger partial charge < -0.3 is 26.0 Å². The molecule has 2 unspecified atom stereocenters. The molecule has 2 heterocycles. The predicted molar refractivity (Wildman–Crippen MR) is 77.6 cm³/mol. The predicted octanol–water partition coefficient (Wildman–Crippen LogP) is 1.36. The Hall–Kier alpha value is -2.11. The fourth-order valence-electron chi connectivity index (χ4n) is 3.32. The molecule has 108 valence electrons. The Balaban J connectivity index is 2.13. The SMILES string of the molecule is CC1Oc2ccc(N)cc2N2C1CN(C(N)=O)C2(C)C. The first-order valence-corrected chi connectivity index (χ1v) is 6.75. The van der Waals surface area contributed by atoms with E-state index < -0.39 is 11.7 Å². The second-order valence-electron chi connectivity index (χ2n) is 5.93. The summed E-state index contributed by atoms with van der Waals surface area (Å²) in [7, 11) is 0. The first kappa shape index (κ1) is 12.9. The van der Waals surface area contributed by atoms with Gasteiger partial charge in [-0.15, -0.1) is 0 Å². The summed E-state index contributed by atoms with van der Waals surface area (Å²) >= 11 is 0. The summed E-state index contributed by atoms with van der Waals surface area (Å²) in [6.07, 6.45) is -0.0188. The highest BCUT2D eigenvalue weighted by molar-refractivity contribution is 5.77. The van der Waals surface area contributed by atoms with Crippen LogP contribution in [0.1, 0.15) is 20.8 Å². The van der Waals surface area contributed by atoms with Crippen LogP contribution in [0.15, 0.2) is 18.2 Å². The number of primary amides is 1. The minimum atomic E-state index is -0.503. The van der Waals surface area contributed by atoms with Gasteiger partial charge in [0, 0.05) is 12.2 Å². The summed E-state index contributed by atoms with van der Waals surface area (Å²) in [4.78, 5) is 15.6. The maximum atomic E-state index is 11.7. The van der Waals surface area contributed by atoms with Crippen molar-refractivity contribution in [2.75, 3.05) is 17.2 Å². The van der Waals surface area contributed by atoms with E-state index in [1.54, 1.807) is 4.90 Å². The smallest absolute Gasteiger partial charge is 0.316 e. The van der Waals surface area contributed by atoms with Crippen molar-refractivity contribution in [3.8, 4) is 5.75 Å². The first-order valence-electron chi connectivity index (χ1n) is 6.75. The third-order valence-electron chi connectivity index (χ3n) is 4.31. The largest absolute Gasteiger partial charge is 0.486 e. The average molecular weight is 276 g/mol. The number of carbonyl (C=O) groups excluding carboxylic acids is 1. The van der Waals surface area contributed by atoms with E-state index in [4.69, 9.17) is 16.2 Å². The van der Waals surface area contributed by atoms with Crippen molar-refractivity contribution in [3.63, 3.8) is 0 Å². The number of hydrogen-bond donors (Lipinski definition) is 2. The fraction of sp³-hybridized carbons (Fsp3) is 0.500. The number of nitrogen functional groups attached to an aromatic ring is 1. The van der Waals surface area contributed by atoms with Gasteiger partial charge in [-0.1, -0.05) is 0 Å². The number of ether oxygens (including phenoxy) is 1. The zero-order valence-electron chi connectivity index (χ0n) is 12.0. The second-order valence-corrected chi connectivity index (χ2v) is 5.93. The second kappa shape index (κ2) is 3.94. The molecule has 0 spiro atoms. The number of nitrogens with zero attached hydrogens (tertiary/aromatic N) is 2. The molecule has 6 heteroatoms. The van der Waals surface area contributed by atoms with Crippen LogP contribution < -0.4 is 21.1 Å². The van der Waals surface area contributed by atoms with E-state index in [1.807, 2.05) is 39.0 Å². The van der Waals surface area contributed by atoms with Gasteiger partial charge in [0.2, 0.25) is 0 Å². The number of nitrogens with two attached hydrogens (primary N) is 2. The van der Waals surface area contributed by atoms with E-state index in [0.29, 0.717) is 12.2 Å². The zero-order chi connectivity index (χ0) is 14.7. The number of benzene rings is 1. The third-order valence-corrected chi connectivity index (χ3v) is 4.31. The van der Waals surface area contributed by atoms with Crippen LogP contribution in [0.2, 0.25) is 0 Å². The van der Waals surface area contributed by atoms with Gasteiger partial charge in [-0.3, -0.25) is 0 Å². The zero-order valence-corrected chi connectivity index (χ0v) is 12.0. The normalized spacial score (nSPS) is 26.8. The van der Waals surface area contributed by atoms with Crippen molar-refractivity contribution in [3.05, 3.63) is 18.2 Å². The fourth-order valence-corrected chi connectivity index (χ4v) is 3.32. The molecule has 0 saturated carbocycles. The Morgan fingerprint density at radius 3 is 2.80 bits per heavy atom. The molecule has 0 aliphatic carbocycles. The van der Waals surface area contributed by atoms with Crippen LogP contribution in [0, 0.1) is 0 Å². The molecular formula is C14H20N4O2. The standard InChI is InChI=1S/C14H20N4O2/c1-8-11-7-17(13(16)19)14(2,3)18(11)10-6-9(15)4-5-12(10)20-8/h4-6,8,11H,7,15H2,1-3H3,(H2,16,19). The molecule has 0 aromatic heterocycles. The van der Waals surface area contributed by atoms with Gasteiger partial charge in [0.05, 0.1) is 11.7 Å². The quantitative estimate of drug-likeness (QED) is 0.701. The van der Waals surface area contributed by atoms with E-state index >= 15 is 0 Å². The summed E-state index contributed by atoms with van der Waals surface area (Å²) in [5.74, 6) is 0.794. The first-order chi connectivity index (χ1) is 9.32. The summed E-state index contributed by atoms with van der Waals surface area (Å²) in [6, 6.07) is 5.25. The monoisotopic (exact) mass is 276 g/mol. The molecule has 0 radical (unpaired) electrons. The van der Waals surface area contributed by atoms with Crippen molar-refractivity contribution in [1.82, 2.24) is 4.90 Å². The molecule has 4 N–H and O–H groups in total. The van der Waals surface area contributed by atoms with Crippen LogP contribution >= 0.6 is 0 Å². The minimum Gasteiger partial charge on any atom is -0.486 e. The molecule has 2 aliphatic heterocycles. The lowest BCUT2D eigenvalue weighted by Crippen LogP contribution is -2.56. The number of urea groups is 1. The van der Waals surface area contributed by atoms with Crippen LogP contribution in [0.4, 0.5) is 16.2 Å². The van der Waals surface area contributed by atoms with Gasteiger partial charge in [-0.25, -0.2) is 4.79 Å². The molecule has 2 amide bonds. The number of carbonyl (C=O) groups is 1. The van der Waals surface area contributed by atoms with Crippen molar-refractivity contribution in [2.45, 2.75) is 38.6 Å². The molecule has 1 fully saturated rings. The Morgan fingerprint density at radius 1 is 1.45 bits per heavy atom. The topological polar surface area (TPSA) is 84.8 Å². The van der Waals surface area contributed by atoms with Gasteiger partial charge in [-0.05, 0) is 39.0 Å². The number of hydrogen-bond acceptors (Lipinski definition) is 4. The molecular weight excluding hydrogens is 256 g/mol. The Labute approximate surface area is 118 Å². The van der Waals surface area contributed by atoms with Gasteiger partial charge in [0.25, 0.3) is 0 Å². The molecule has 2 aliphatic rings. The van der Waals surface area contributed by atoms with Gasteiger partial charge in [0.1, 0.15) is 17.5 Å². The summed E-state index contributed by atoms with van der Waals surface area (Å²) in [5, 5.41) is 0. The van der Waals surface area contributed by atoms with Crippen LogP contribution in [0.25, 0.3) is 0 Å². The maximum Gasteiger partial charge on any atom is 0.316 e. The van der Waals surface area contributed by atoms with E-state index in [-0.39, 0.29) is 12.1 Å². The molecule has 20 heavy (non-hydrogen) atoms. The minimum absolute atomic E-state index is 0.0188. The lowest BCUT2D eigenvalue weighted by atomic mass is 10.0. The Kier molecular flexibility index (Phi) is 2.54. The molecule has 1 saturated heterocycles. The highest BCUT2D eigenvalue weighted by Gasteiger charge is 2.52. The summed E-state index contributed by atoms with van der Waals surface area (Å²) in [5.41, 5.74) is 12.5. The Bertz CT molecular complexity index is 572. The third kappa shape index (κ3) is 1.60. The molecule has 2 atom stereocenters. The van der Waals surface area contributed by atoms with Crippen LogP contribution in [0.5, 0.6) is 5.75 Å². The maximum absolute atomic E-state index is 11.7. The van der Waals surface area contributed by atoms with E-state index in [9.17, 15) is 4.79 Å². The molecule has 0 bridgehead atoms. The number of fused-ring (bicyclic) bond motifs is 3. The van der Waals surface area contributed by atoms with Crippen LogP contribution in [-0.2, 0) is 0 Å². The van der Waals surface area contributed by atoms with E-state index in [0.717, 1.165) is 11.4 Å². The molecule has 3 rings (SSSR count). The molecule has 6 nitrogen and oxygen atoms in total. The van der Waals surface area contributed by atoms with E-state index in [1.165, 1.54) is 0 Å². The van der Waals surface area contributed by atoms with Gasteiger partial charge in [0.15, 0.2) is 0 Å². The number of amides is 2. The van der Waals surface area contributed by atoms with Crippen molar-refractivity contribution >= 4 is 17.4 Å². The van der Waals surface area contributed by atoms with Crippen molar-refractivity contribution < 1.29 is 9.53 Å². The van der Waals surface area contributed by atoms with Crippen molar-refractivity contribution in [1.29, 1.82) is 0 Å². The molecule has 1 aromatic rings. The lowest BCUT2D eigenvalue weighted by Gasteiger charge is -2.44. The van der Waals surface area contributed by atoms with Gasteiger partial charge >= 0.3 is 6.03 Å². The average Bonchev–Trinajstić information content (AvgIpc) is 2.63. The number of rotatable bonds is 0. The Morgan fingerprint density at radius 2 is 2.15 bits per heavy atom. The van der Waals surface area contributed by atoms with Gasteiger partial charge in [-0.2, -0.15) is 0 Å². The van der Waals surface area contributed by atoms with Crippen LogP contribution in [-0.4, -0.2) is 35.3 Å². The van der Waals surface area contributed by atoms with E-state index in [2.05, 4.69) is 4.90 Å². The highest BCUT2D eigenvalue weighted by atomic mass is 16.5. The highest BCUT2D eigenvalue weighted by Crippen LogP contribution is 2.45. The lowest BCUT2D eigenvalue weighted by molar-refractivity contribution is 0.175. The summed E-state index contributed by atoms with van der Waals surface area (Å²) < 4.78 is 5.95. The summed E-state index contributed by atoms with van der Waals surface area (Å²) in [6.45, 7) is 6.54.